The summed E-state index contributed by atoms with van der Waals surface area (Å²) in [4.78, 5) is 4.34. The smallest absolute Gasteiger partial charge is 0.124 e. The molecule has 1 aromatic heterocycles. The average Bonchev–Trinajstić information content (AvgIpc) is 2.36. The Bertz CT molecular complexity index is 554. The summed E-state index contributed by atoms with van der Waals surface area (Å²) >= 11 is 3.29. The highest BCUT2D eigenvalue weighted by atomic mass is 79.9. The van der Waals surface area contributed by atoms with Gasteiger partial charge in [0.15, 0.2) is 0 Å². The molecule has 19 heavy (non-hydrogen) atoms. The minimum Gasteiger partial charge on any atom is -0.271 e. The van der Waals surface area contributed by atoms with E-state index in [4.69, 9.17) is 5.84 Å². The monoisotopic (exact) mass is 323 g/mol. The van der Waals surface area contributed by atoms with Gasteiger partial charge in [0.05, 0.1) is 11.7 Å². The molecule has 5 heteroatoms. The average molecular weight is 324 g/mol. The van der Waals surface area contributed by atoms with Crippen LogP contribution in [-0.2, 0) is 6.42 Å². The van der Waals surface area contributed by atoms with Gasteiger partial charge < -0.3 is 0 Å². The predicted molar refractivity (Wildman–Crippen MR) is 76.8 cm³/mol. The van der Waals surface area contributed by atoms with Crippen LogP contribution >= 0.6 is 15.9 Å². The zero-order valence-corrected chi connectivity index (χ0v) is 12.1. The van der Waals surface area contributed by atoms with Crippen LogP contribution in [-0.4, -0.2) is 4.98 Å². The third-order valence-electron chi connectivity index (χ3n) is 2.94. The van der Waals surface area contributed by atoms with Gasteiger partial charge in [0.2, 0.25) is 0 Å². The third-order valence-corrected chi connectivity index (χ3v) is 3.40. The molecule has 1 aromatic carbocycles. The molecule has 0 spiro atoms. The Morgan fingerprint density at radius 2 is 2.21 bits per heavy atom. The molecule has 100 valence electrons. The third kappa shape index (κ3) is 3.59. The van der Waals surface area contributed by atoms with Crippen molar-refractivity contribution in [2.75, 3.05) is 0 Å². The van der Waals surface area contributed by atoms with Crippen LogP contribution in [0.25, 0.3) is 0 Å². The molecule has 2 aromatic rings. The second-order valence-corrected chi connectivity index (χ2v) is 5.32. The highest BCUT2D eigenvalue weighted by molar-refractivity contribution is 9.10. The molecular formula is C14H15BrFN3. The molecule has 1 atom stereocenters. The summed E-state index contributed by atoms with van der Waals surface area (Å²) < 4.78 is 14.1. The van der Waals surface area contributed by atoms with Crippen molar-refractivity contribution in [1.29, 1.82) is 0 Å². The topological polar surface area (TPSA) is 50.9 Å². The highest BCUT2D eigenvalue weighted by Crippen LogP contribution is 2.22. The Morgan fingerprint density at radius 1 is 1.42 bits per heavy atom. The summed E-state index contributed by atoms with van der Waals surface area (Å²) in [6.07, 6.45) is 2.30. The number of nitrogens with two attached hydrogens (primary N) is 1. The van der Waals surface area contributed by atoms with Crippen molar-refractivity contribution in [3.05, 3.63) is 63.6 Å². The van der Waals surface area contributed by atoms with Crippen molar-refractivity contribution in [1.82, 2.24) is 10.4 Å². The number of nitrogens with zero attached hydrogens (tertiary/aromatic N) is 1. The number of hydrogen-bond acceptors (Lipinski definition) is 3. The summed E-state index contributed by atoms with van der Waals surface area (Å²) in [6, 6.07) is 8.54. The molecule has 0 radical (unpaired) electrons. The van der Waals surface area contributed by atoms with Crippen LogP contribution in [0.4, 0.5) is 4.39 Å². The fourth-order valence-corrected chi connectivity index (χ4v) is 2.57. The van der Waals surface area contributed by atoms with Crippen LogP contribution in [0.5, 0.6) is 0 Å². The maximum absolute atomic E-state index is 13.4. The molecule has 0 saturated carbocycles. The first-order chi connectivity index (χ1) is 9.10. The minimum absolute atomic E-state index is 0.144. The van der Waals surface area contributed by atoms with Gasteiger partial charge in [-0.05, 0) is 48.7 Å². The second kappa shape index (κ2) is 6.23. The number of hydrogen-bond donors (Lipinski definition) is 2. The van der Waals surface area contributed by atoms with E-state index in [1.165, 1.54) is 12.1 Å². The van der Waals surface area contributed by atoms with Gasteiger partial charge in [-0.2, -0.15) is 0 Å². The van der Waals surface area contributed by atoms with Gasteiger partial charge in [-0.25, -0.2) is 4.39 Å². The molecule has 0 aliphatic carbocycles. The molecule has 0 saturated heterocycles. The SMILES string of the molecule is Cc1cccnc1C(Cc1cc(F)cc(Br)c1)NN. The first-order valence-corrected chi connectivity index (χ1v) is 6.72. The van der Waals surface area contributed by atoms with E-state index in [9.17, 15) is 4.39 Å². The molecule has 0 bridgehead atoms. The molecule has 3 nitrogen and oxygen atoms in total. The molecule has 1 unspecified atom stereocenters. The lowest BCUT2D eigenvalue weighted by atomic mass is 10.0. The van der Waals surface area contributed by atoms with E-state index < -0.39 is 0 Å². The van der Waals surface area contributed by atoms with Crippen molar-refractivity contribution in [3.8, 4) is 0 Å². The second-order valence-electron chi connectivity index (χ2n) is 4.41. The first kappa shape index (κ1) is 14.1. The maximum atomic E-state index is 13.4. The normalized spacial score (nSPS) is 12.4. The van der Waals surface area contributed by atoms with Crippen LogP contribution in [0.3, 0.4) is 0 Å². The van der Waals surface area contributed by atoms with Gasteiger partial charge in [-0.15, -0.1) is 0 Å². The Hall–Kier alpha value is -1.30. The van der Waals surface area contributed by atoms with E-state index in [0.717, 1.165) is 21.3 Å². The Morgan fingerprint density at radius 3 is 2.84 bits per heavy atom. The molecule has 0 aliphatic heterocycles. The Balaban J connectivity index is 2.26. The number of aromatic nitrogens is 1. The van der Waals surface area contributed by atoms with Crippen LogP contribution in [0.15, 0.2) is 41.0 Å². The van der Waals surface area contributed by atoms with Crippen molar-refractivity contribution >= 4 is 15.9 Å². The number of hydrazine groups is 1. The summed E-state index contributed by atoms with van der Waals surface area (Å²) in [7, 11) is 0. The number of aryl methyl sites for hydroxylation is 1. The van der Waals surface area contributed by atoms with Crippen molar-refractivity contribution in [2.24, 2.45) is 5.84 Å². The first-order valence-electron chi connectivity index (χ1n) is 5.92. The molecular weight excluding hydrogens is 309 g/mol. The Labute approximate surface area is 120 Å². The van der Waals surface area contributed by atoms with Crippen molar-refractivity contribution < 1.29 is 4.39 Å². The fourth-order valence-electron chi connectivity index (χ4n) is 2.06. The molecule has 0 fully saturated rings. The zero-order valence-electron chi connectivity index (χ0n) is 10.5. The van der Waals surface area contributed by atoms with Crippen molar-refractivity contribution in [2.45, 2.75) is 19.4 Å². The van der Waals surface area contributed by atoms with Crippen LogP contribution in [0.2, 0.25) is 0 Å². The fraction of sp³-hybridized carbons (Fsp3) is 0.214. The summed E-state index contributed by atoms with van der Waals surface area (Å²) in [6.45, 7) is 1.98. The number of nitrogens with one attached hydrogen (secondary N) is 1. The number of benzene rings is 1. The molecule has 3 N–H and O–H groups in total. The summed E-state index contributed by atoms with van der Waals surface area (Å²) in [5, 5.41) is 0. The molecule has 0 amide bonds. The van der Waals surface area contributed by atoms with Gasteiger partial charge in [0.1, 0.15) is 5.82 Å². The van der Waals surface area contributed by atoms with E-state index in [2.05, 4.69) is 26.3 Å². The lowest BCUT2D eigenvalue weighted by Gasteiger charge is -2.17. The maximum Gasteiger partial charge on any atom is 0.124 e. The Kier molecular flexibility index (Phi) is 4.63. The van der Waals surface area contributed by atoms with E-state index in [-0.39, 0.29) is 11.9 Å². The molecule has 0 aliphatic rings. The van der Waals surface area contributed by atoms with Gasteiger partial charge >= 0.3 is 0 Å². The lowest BCUT2D eigenvalue weighted by Crippen LogP contribution is -2.30. The molecule has 1 heterocycles. The standard InChI is InChI=1S/C14H15BrFN3/c1-9-3-2-4-18-14(9)13(19-17)7-10-5-11(15)8-12(16)6-10/h2-6,8,13,19H,7,17H2,1H3. The number of pyridine rings is 1. The summed E-state index contributed by atoms with van der Waals surface area (Å²) in [5.74, 6) is 5.34. The van der Waals surface area contributed by atoms with Gasteiger partial charge in [-0.3, -0.25) is 16.3 Å². The quantitative estimate of drug-likeness (QED) is 0.671. The van der Waals surface area contributed by atoms with E-state index in [1.807, 2.05) is 25.1 Å². The van der Waals surface area contributed by atoms with Gasteiger partial charge in [0.25, 0.3) is 0 Å². The van der Waals surface area contributed by atoms with Crippen LogP contribution in [0, 0.1) is 12.7 Å². The van der Waals surface area contributed by atoms with Crippen LogP contribution in [0.1, 0.15) is 22.9 Å². The molecule has 2 rings (SSSR count). The summed E-state index contributed by atoms with van der Waals surface area (Å²) in [5.41, 5.74) is 5.54. The van der Waals surface area contributed by atoms with E-state index >= 15 is 0 Å². The van der Waals surface area contributed by atoms with Gasteiger partial charge in [0, 0.05) is 10.7 Å². The van der Waals surface area contributed by atoms with E-state index in [1.54, 1.807) is 6.20 Å². The number of halogens is 2. The van der Waals surface area contributed by atoms with Crippen LogP contribution < -0.4 is 11.3 Å². The van der Waals surface area contributed by atoms with Gasteiger partial charge in [-0.1, -0.05) is 22.0 Å². The highest BCUT2D eigenvalue weighted by Gasteiger charge is 2.14. The zero-order chi connectivity index (χ0) is 13.8. The van der Waals surface area contributed by atoms with E-state index in [0.29, 0.717) is 6.42 Å². The number of rotatable bonds is 4. The minimum atomic E-state index is -0.266. The lowest BCUT2D eigenvalue weighted by molar-refractivity contribution is 0.532. The van der Waals surface area contributed by atoms with Crippen molar-refractivity contribution in [3.63, 3.8) is 0 Å². The predicted octanol–water partition coefficient (Wildman–Crippen LogP) is 3.04. The largest absolute Gasteiger partial charge is 0.271 e.